The van der Waals surface area contributed by atoms with E-state index in [0.717, 1.165) is 49.9 Å². The number of benzene rings is 1. The van der Waals surface area contributed by atoms with Gasteiger partial charge in [-0.3, -0.25) is 4.79 Å². The number of fused-ring (bicyclic) bond motifs is 2. The highest BCUT2D eigenvalue weighted by Gasteiger charge is 2.86. The first-order valence-corrected chi connectivity index (χ1v) is 11.4. The first kappa shape index (κ1) is 16.5. The molecule has 27 heavy (non-hydrogen) atoms. The number of hydrogen-bond donors (Lipinski definition) is 1. The fraction of sp³-hybridized carbons (Fsp3) is 0.400. The highest BCUT2D eigenvalue weighted by atomic mass is 35.5. The van der Waals surface area contributed by atoms with E-state index in [1.165, 1.54) is 12.8 Å². The van der Waals surface area contributed by atoms with Gasteiger partial charge >= 0.3 is 0 Å². The van der Waals surface area contributed by atoms with Gasteiger partial charge in [0.25, 0.3) is 5.91 Å². The summed E-state index contributed by atoms with van der Waals surface area (Å²) >= 11 is 9.48. The van der Waals surface area contributed by atoms with E-state index < -0.39 is 0 Å². The highest BCUT2D eigenvalue weighted by molar-refractivity contribution is 7.99. The quantitative estimate of drug-likeness (QED) is 0.557. The Bertz CT molecular complexity index is 1080. The maximum atomic E-state index is 12.6. The number of carbonyl (C=O) groups excluding carboxylic acids is 1. The molecule has 0 spiro atoms. The molecule has 4 nitrogen and oxygen atoms in total. The van der Waals surface area contributed by atoms with E-state index in [4.69, 9.17) is 21.0 Å². The number of rotatable bonds is 6. The molecule has 7 heteroatoms. The zero-order chi connectivity index (χ0) is 18.2. The number of amides is 1. The van der Waals surface area contributed by atoms with Crippen LogP contribution in [0.1, 0.15) is 41.2 Å². The Hall–Kier alpha value is -1.50. The molecule has 2 aromatic heterocycles. The van der Waals surface area contributed by atoms with Gasteiger partial charge in [-0.25, -0.2) is 4.98 Å². The van der Waals surface area contributed by atoms with Gasteiger partial charge in [0.1, 0.15) is 5.01 Å². The first-order valence-electron chi connectivity index (χ1n) is 9.19. The van der Waals surface area contributed by atoms with Crippen molar-refractivity contribution in [3.05, 3.63) is 46.1 Å². The van der Waals surface area contributed by atoms with Crippen LogP contribution in [0.5, 0.6) is 0 Å². The third kappa shape index (κ3) is 2.64. The third-order valence-corrected chi connectivity index (χ3v) is 8.55. The molecule has 3 aliphatic rings. The van der Waals surface area contributed by atoms with Crippen LogP contribution in [-0.4, -0.2) is 22.2 Å². The number of carbonyl (C=O) groups is 1. The lowest BCUT2D eigenvalue weighted by molar-refractivity contribution is 0.0909. The summed E-state index contributed by atoms with van der Waals surface area (Å²) in [4.78, 5) is 17.4. The molecule has 2 heterocycles. The van der Waals surface area contributed by atoms with Gasteiger partial charge in [0.05, 0.1) is 15.8 Å². The van der Waals surface area contributed by atoms with Gasteiger partial charge < -0.3 is 9.73 Å². The van der Waals surface area contributed by atoms with Crippen molar-refractivity contribution in [1.82, 2.24) is 10.3 Å². The molecule has 6 rings (SSSR count). The second-order valence-electron chi connectivity index (χ2n) is 7.98. The molecule has 3 aliphatic carbocycles. The number of thioether (sulfide) groups is 1. The molecule has 138 valence electrons. The summed E-state index contributed by atoms with van der Waals surface area (Å²) in [6.45, 7) is 0. The average Bonchev–Trinajstić information content (AvgIpc) is 3.55. The van der Waals surface area contributed by atoms with E-state index in [2.05, 4.69) is 5.32 Å². The fourth-order valence-electron chi connectivity index (χ4n) is 3.84. The molecule has 1 N–H and O–H groups in total. The van der Waals surface area contributed by atoms with Crippen molar-refractivity contribution >= 4 is 50.8 Å². The Morgan fingerprint density at radius 3 is 3.00 bits per heavy atom. The van der Waals surface area contributed by atoms with Gasteiger partial charge in [0, 0.05) is 16.2 Å². The standard InChI is InChI=1S/C20H17ClN2O2S2/c21-12-3-4-13-15(7-12)27-18(22-13)19-9-20(19,10-19)23-17(24)14-5-6-16(25-14)26-8-11-1-2-11/h3-7,11H,1-2,8-10H2,(H,23,24). The summed E-state index contributed by atoms with van der Waals surface area (Å²) in [5.41, 5.74) is 0.876. The zero-order valence-electron chi connectivity index (χ0n) is 14.5. The second-order valence-corrected chi connectivity index (χ2v) is 10.5. The summed E-state index contributed by atoms with van der Waals surface area (Å²) in [5.74, 6) is 2.21. The Balaban J connectivity index is 1.16. The molecule has 0 saturated heterocycles. The minimum Gasteiger partial charge on any atom is -0.445 e. The summed E-state index contributed by atoms with van der Waals surface area (Å²) < 4.78 is 6.84. The minimum absolute atomic E-state index is 0.0228. The Labute approximate surface area is 169 Å². The lowest BCUT2D eigenvalue weighted by atomic mass is 10.2. The molecule has 0 atom stereocenters. The topological polar surface area (TPSA) is 55.1 Å². The first-order chi connectivity index (χ1) is 13.1. The number of nitrogens with zero attached hydrogens (tertiary/aromatic N) is 1. The largest absolute Gasteiger partial charge is 0.445 e. The summed E-state index contributed by atoms with van der Waals surface area (Å²) in [6.07, 6.45) is 4.57. The van der Waals surface area contributed by atoms with Crippen LogP contribution in [-0.2, 0) is 5.41 Å². The van der Waals surface area contributed by atoms with E-state index in [0.29, 0.717) is 5.76 Å². The van der Waals surface area contributed by atoms with Crippen molar-refractivity contribution in [2.75, 3.05) is 5.75 Å². The van der Waals surface area contributed by atoms with Gasteiger partial charge in [0.15, 0.2) is 10.9 Å². The SMILES string of the molecule is O=C(NC12CC1(c1nc3ccc(Cl)cc3s1)C2)c1ccc(SCC2CC2)o1. The number of thiazole rings is 1. The van der Waals surface area contributed by atoms with E-state index in [9.17, 15) is 4.79 Å². The molecule has 0 bridgehead atoms. The molecule has 0 aliphatic heterocycles. The summed E-state index contributed by atoms with van der Waals surface area (Å²) in [5, 5.41) is 5.89. The second kappa shape index (κ2) is 5.52. The van der Waals surface area contributed by atoms with Crippen molar-refractivity contribution in [2.24, 2.45) is 5.92 Å². The van der Waals surface area contributed by atoms with Crippen molar-refractivity contribution < 1.29 is 9.21 Å². The van der Waals surface area contributed by atoms with Gasteiger partial charge in [0.2, 0.25) is 0 Å². The van der Waals surface area contributed by atoms with Crippen LogP contribution in [0.3, 0.4) is 0 Å². The van der Waals surface area contributed by atoms with Crippen molar-refractivity contribution in [3.8, 4) is 0 Å². The van der Waals surface area contributed by atoms with Crippen LogP contribution in [0.15, 0.2) is 39.8 Å². The normalized spacial score (nSPS) is 28.2. The smallest absolute Gasteiger partial charge is 0.287 e. The summed E-state index contributed by atoms with van der Waals surface area (Å²) in [7, 11) is 0. The molecule has 1 aromatic carbocycles. The number of hydrogen-bond acceptors (Lipinski definition) is 5. The molecule has 1 amide bonds. The molecule has 3 fully saturated rings. The van der Waals surface area contributed by atoms with Crippen LogP contribution in [0.4, 0.5) is 0 Å². The lowest BCUT2D eigenvalue weighted by Gasteiger charge is -2.04. The van der Waals surface area contributed by atoms with Crippen molar-refractivity contribution in [3.63, 3.8) is 0 Å². The third-order valence-electron chi connectivity index (χ3n) is 5.95. The van der Waals surface area contributed by atoms with Crippen LogP contribution in [0, 0.1) is 5.92 Å². The van der Waals surface area contributed by atoms with Crippen molar-refractivity contribution in [2.45, 2.75) is 41.7 Å². The maximum absolute atomic E-state index is 12.6. The van der Waals surface area contributed by atoms with E-state index in [1.54, 1.807) is 29.2 Å². The van der Waals surface area contributed by atoms with Gasteiger partial charge in [-0.05, 0) is 61.9 Å². The maximum Gasteiger partial charge on any atom is 0.287 e. The van der Waals surface area contributed by atoms with Gasteiger partial charge in [-0.15, -0.1) is 11.3 Å². The number of aromatic nitrogens is 1. The van der Waals surface area contributed by atoms with E-state index >= 15 is 0 Å². The van der Waals surface area contributed by atoms with Gasteiger partial charge in [-0.1, -0.05) is 23.4 Å². The molecular formula is C20H17ClN2O2S2. The molecule has 0 radical (unpaired) electrons. The summed E-state index contributed by atoms with van der Waals surface area (Å²) in [6, 6.07) is 9.49. The Kier molecular flexibility index (Phi) is 3.37. The zero-order valence-corrected chi connectivity index (χ0v) is 16.8. The van der Waals surface area contributed by atoms with Crippen LogP contribution in [0.2, 0.25) is 5.02 Å². The predicted octanol–water partition coefficient (Wildman–Crippen LogP) is 5.26. The van der Waals surface area contributed by atoms with E-state index in [-0.39, 0.29) is 16.9 Å². The van der Waals surface area contributed by atoms with Crippen LogP contribution < -0.4 is 5.32 Å². The number of nitrogens with one attached hydrogen (secondary N) is 1. The Morgan fingerprint density at radius 1 is 1.33 bits per heavy atom. The predicted molar refractivity (Wildman–Crippen MR) is 108 cm³/mol. The minimum atomic E-state index is -0.129. The molecule has 3 saturated carbocycles. The highest BCUT2D eigenvalue weighted by Crippen LogP contribution is 2.79. The molecular weight excluding hydrogens is 400 g/mol. The van der Waals surface area contributed by atoms with Gasteiger partial charge in [-0.2, -0.15) is 0 Å². The fourth-order valence-corrected chi connectivity index (χ4v) is 6.42. The molecule has 0 unspecified atom stereocenters. The number of halogens is 1. The monoisotopic (exact) mass is 416 g/mol. The lowest BCUT2D eigenvalue weighted by Crippen LogP contribution is -2.30. The van der Waals surface area contributed by atoms with Crippen LogP contribution in [0.25, 0.3) is 10.2 Å². The Morgan fingerprint density at radius 2 is 2.19 bits per heavy atom. The van der Waals surface area contributed by atoms with Crippen LogP contribution >= 0.6 is 34.7 Å². The number of furan rings is 1. The van der Waals surface area contributed by atoms with Crippen molar-refractivity contribution in [1.29, 1.82) is 0 Å². The molecule has 3 aromatic rings. The van der Waals surface area contributed by atoms with E-state index in [1.807, 2.05) is 24.3 Å². The average molecular weight is 417 g/mol.